The Hall–Kier alpha value is -1.63. The molecule has 0 aliphatic rings. The number of halogens is 4. The van der Waals surface area contributed by atoms with Gasteiger partial charge in [-0.1, -0.05) is 6.07 Å². The number of alkyl halides is 3. The summed E-state index contributed by atoms with van der Waals surface area (Å²) in [6.07, 6.45) is -4.63. The summed E-state index contributed by atoms with van der Waals surface area (Å²) in [6, 6.07) is 2.39. The van der Waals surface area contributed by atoms with Crippen molar-refractivity contribution in [2.24, 2.45) is 0 Å². The molecule has 0 spiro atoms. The van der Waals surface area contributed by atoms with Gasteiger partial charge >= 0.3 is 12.1 Å². The maximum absolute atomic E-state index is 12.8. The van der Waals surface area contributed by atoms with E-state index in [-0.39, 0.29) is 18.7 Å². The Morgan fingerprint density at radius 3 is 2.61 bits per heavy atom. The molecule has 3 nitrogen and oxygen atoms in total. The lowest BCUT2D eigenvalue weighted by Gasteiger charge is -2.13. The fraction of sp³-hybridized carbons (Fsp3) is 0.364. The smallest absolute Gasteiger partial charge is 0.416 e. The van der Waals surface area contributed by atoms with Crippen molar-refractivity contribution in [3.63, 3.8) is 0 Å². The van der Waals surface area contributed by atoms with Crippen LogP contribution in [-0.2, 0) is 22.3 Å². The zero-order chi connectivity index (χ0) is 13.8. The lowest BCUT2D eigenvalue weighted by Crippen LogP contribution is -2.24. The molecule has 0 radical (unpaired) electrons. The number of methoxy groups -OCH3 is 1. The minimum atomic E-state index is -4.63. The van der Waals surface area contributed by atoms with Crippen LogP contribution in [0, 0.1) is 5.82 Å². The average Bonchev–Trinajstić information content (AvgIpc) is 2.29. The molecule has 0 amide bonds. The van der Waals surface area contributed by atoms with Crippen molar-refractivity contribution in [2.45, 2.75) is 12.7 Å². The number of carbonyl (C=O) groups is 1. The molecule has 0 heterocycles. The van der Waals surface area contributed by atoms with Crippen molar-refractivity contribution in [1.82, 2.24) is 5.32 Å². The molecule has 1 aromatic rings. The largest absolute Gasteiger partial charge is 0.468 e. The molecule has 0 bridgehead atoms. The maximum Gasteiger partial charge on any atom is 0.416 e. The summed E-state index contributed by atoms with van der Waals surface area (Å²) < 4.78 is 54.9. The normalized spacial score (nSPS) is 11.4. The van der Waals surface area contributed by atoms with Crippen LogP contribution in [-0.4, -0.2) is 19.6 Å². The van der Waals surface area contributed by atoms with Crippen LogP contribution in [0.15, 0.2) is 18.2 Å². The van der Waals surface area contributed by atoms with E-state index in [1.165, 1.54) is 7.11 Å². The minimum absolute atomic E-state index is 0.132. The molecule has 0 atom stereocenters. The number of carbonyl (C=O) groups excluding carboxylic acids is 1. The SMILES string of the molecule is COC(=O)CNCc1ccc(F)cc1C(F)(F)F. The molecule has 1 rings (SSSR count). The Kier molecular flexibility index (Phi) is 4.66. The van der Waals surface area contributed by atoms with Gasteiger partial charge < -0.3 is 10.1 Å². The van der Waals surface area contributed by atoms with E-state index in [1.54, 1.807) is 0 Å². The lowest BCUT2D eigenvalue weighted by atomic mass is 10.1. The highest BCUT2D eigenvalue weighted by Gasteiger charge is 2.33. The molecule has 0 unspecified atom stereocenters. The maximum atomic E-state index is 12.8. The predicted molar refractivity (Wildman–Crippen MR) is 55.1 cm³/mol. The number of nitrogens with one attached hydrogen (secondary N) is 1. The highest BCUT2D eigenvalue weighted by Crippen LogP contribution is 2.32. The van der Waals surface area contributed by atoms with Gasteiger partial charge in [0.25, 0.3) is 0 Å². The molecule has 1 N–H and O–H groups in total. The van der Waals surface area contributed by atoms with E-state index in [2.05, 4.69) is 10.1 Å². The fourth-order valence-electron chi connectivity index (χ4n) is 1.34. The topological polar surface area (TPSA) is 38.3 Å². The molecular weight excluding hydrogens is 254 g/mol. The van der Waals surface area contributed by atoms with Crippen LogP contribution in [0.4, 0.5) is 17.6 Å². The fourth-order valence-corrected chi connectivity index (χ4v) is 1.34. The summed E-state index contributed by atoms with van der Waals surface area (Å²) in [7, 11) is 1.17. The van der Waals surface area contributed by atoms with E-state index in [0.29, 0.717) is 6.07 Å². The van der Waals surface area contributed by atoms with E-state index >= 15 is 0 Å². The Labute approximate surface area is 101 Å². The standard InChI is InChI=1S/C11H11F4NO2/c1-18-10(17)6-16-5-7-2-3-8(12)4-9(7)11(13,14)15/h2-4,16H,5-6H2,1H3. The predicted octanol–water partition coefficient (Wildman–Crippen LogP) is 2.11. The van der Waals surface area contributed by atoms with Gasteiger partial charge in [0.1, 0.15) is 5.82 Å². The van der Waals surface area contributed by atoms with Crippen molar-refractivity contribution in [3.05, 3.63) is 35.1 Å². The van der Waals surface area contributed by atoms with E-state index in [0.717, 1.165) is 12.1 Å². The molecule has 1 aromatic carbocycles. The van der Waals surface area contributed by atoms with Crippen LogP contribution in [0.2, 0.25) is 0 Å². The van der Waals surface area contributed by atoms with E-state index in [4.69, 9.17) is 0 Å². The number of rotatable bonds is 4. The van der Waals surface area contributed by atoms with Gasteiger partial charge in [-0.15, -0.1) is 0 Å². The molecule has 0 fully saturated rings. The van der Waals surface area contributed by atoms with E-state index < -0.39 is 23.5 Å². The van der Waals surface area contributed by atoms with Crippen LogP contribution in [0.3, 0.4) is 0 Å². The lowest BCUT2D eigenvalue weighted by molar-refractivity contribution is -0.139. The Bertz CT molecular complexity index is 432. The molecule has 18 heavy (non-hydrogen) atoms. The molecule has 100 valence electrons. The first-order chi connectivity index (χ1) is 8.34. The van der Waals surface area contributed by atoms with Crippen LogP contribution in [0.25, 0.3) is 0 Å². The van der Waals surface area contributed by atoms with Gasteiger partial charge in [0.05, 0.1) is 19.2 Å². The molecule has 0 saturated carbocycles. The van der Waals surface area contributed by atoms with Gasteiger partial charge in [-0.25, -0.2) is 4.39 Å². The first-order valence-corrected chi connectivity index (χ1v) is 4.97. The summed E-state index contributed by atoms with van der Waals surface area (Å²) in [5.74, 6) is -1.55. The third-order valence-corrected chi connectivity index (χ3v) is 2.19. The molecule has 7 heteroatoms. The molecular formula is C11H11F4NO2. The summed E-state index contributed by atoms with van der Waals surface area (Å²) >= 11 is 0. The molecule has 0 aliphatic carbocycles. The van der Waals surface area contributed by atoms with Gasteiger partial charge in [0, 0.05) is 6.54 Å². The van der Waals surface area contributed by atoms with Crippen LogP contribution < -0.4 is 5.32 Å². The van der Waals surface area contributed by atoms with Crippen LogP contribution >= 0.6 is 0 Å². The molecule has 0 aliphatic heterocycles. The van der Waals surface area contributed by atoms with Crippen molar-refractivity contribution < 1.29 is 27.1 Å². The summed E-state index contributed by atoms with van der Waals surface area (Å²) in [4.78, 5) is 10.8. The van der Waals surface area contributed by atoms with Gasteiger partial charge in [0.15, 0.2) is 0 Å². The zero-order valence-corrected chi connectivity index (χ0v) is 9.47. The Morgan fingerprint density at radius 2 is 2.06 bits per heavy atom. The second-order valence-electron chi connectivity index (χ2n) is 3.48. The van der Waals surface area contributed by atoms with Crippen molar-refractivity contribution in [1.29, 1.82) is 0 Å². The number of benzene rings is 1. The van der Waals surface area contributed by atoms with Gasteiger partial charge in [-0.05, 0) is 17.7 Å². The highest BCUT2D eigenvalue weighted by atomic mass is 19.4. The summed E-state index contributed by atoms with van der Waals surface area (Å²) in [5, 5.41) is 2.49. The minimum Gasteiger partial charge on any atom is -0.468 e. The monoisotopic (exact) mass is 265 g/mol. The van der Waals surface area contributed by atoms with Crippen molar-refractivity contribution >= 4 is 5.97 Å². The van der Waals surface area contributed by atoms with Crippen molar-refractivity contribution in [2.75, 3.05) is 13.7 Å². The van der Waals surface area contributed by atoms with Gasteiger partial charge in [-0.2, -0.15) is 13.2 Å². The van der Waals surface area contributed by atoms with Gasteiger partial charge in [0.2, 0.25) is 0 Å². The molecule has 0 aromatic heterocycles. The van der Waals surface area contributed by atoms with Crippen molar-refractivity contribution in [3.8, 4) is 0 Å². The van der Waals surface area contributed by atoms with Crippen LogP contribution in [0.1, 0.15) is 11.1 Å². The third kappa shape index (κ3) is 3.99. The second kappa shape index (κ2) is 5.81. The number of ether oxygens (including phenoxy) is 1. The summed E-state index contributed by atoms with van der Waals surface area (Å²) in [6.45, 7) is -0.421. The van der Waals surface area contributed by atoms with Crippen LogP contribution in [0.5, 0.6) is 0 Å². The Morgan fingerprint density at radius 1 is 1.39 bits per heavy atom. The average molecular weight is 265 g/mol. The van der Waals surface area contributed by atoms with E-state index in [1.807, 2.05) is 0 Å². The number of hydrogen-bond acceptors (Lipinski definition) is 3. The second-order valence-corrected chi connectivity index (χ2v) is 3.48. The zero-order valence-electron chi connectivity index (χ0n) is 9.47. The van der Waals surface area contributed by atoms with E-state index in [9.17, 15) is 22.4 Å². The summed E-state index contributed by atoms with van der Waals surface area (Å²) in [5.41, 5.74) is -1.19. The molecule has 0 saturated heterocycles. The third-order valence-electron chi connectivity index (χ3n) is 2.19. The highest BCUT2D eigenvalue weighted by molar-refractivity contribution is 5.71. The number of esters is 1. The number of hydrogen-bond donors (Lipinski definition) is 1. The van der Waals surface area contributed by atoms with Gasteiger partial charge in [-0.3, -0.25) is 4.79 Å². The first-order valence-electron chi connectivity index (χ1n) is 4.97. The Balaban J connectivity index is 2.79. The first kappa shape index (κ1) is 14.4. The quantitative estimate of drug-likeness (QED) is 0.669.